The minimum atomic E-state index is -0.454. The number of halogens is 2. The maximum Gasteiger partial charge on any atom is 0.252 e. The maximum absolute atomic E-state index is 13.0. The van der Waals surface area contributed by atoms with Crippen molar-refractivity contribution in [2.75, 3.05) is 32.8 Å². The Balaban J connectivity index is 1.96. The molecule has 0 aliphatic carbocycles. The molecule has 116 valence electrons. The van der Waals surface area contributed by atoms with Crippen LogP contribution in [0.4, 0.5) is 4.39 Å². The Bertz CT molecular complexity index is 516. The number of morpholine rings is 1. The smallest absolute Gasteiger partial charge is 0.252 e. The molecule has 21 heavy (non-hydrogen) atoms. The van der Waals surface area contributed by atoms with E-state index in [1.165, 1.54) is 12.1 Å². The molecule has 1 heterocycles. The first-order chi connectivity index (χ1) is 9.90. The average molecular weight is 315 g/mol. The predicted octanol–water partition coefficient (Wildman–Crippen LogP) is 2.32. The van der Waals surface area contributed by atoms with Gasteiger partial charge in [0.15, 0.2) is 0 Å². The van der Waals surface area contributed by atoms with Gasteiger partial charge in [-0.3, -0.25) is 9.69 Å². The highest BCUT2D eigenvalue weighted by Gasteiger charge is 2.28. The molecule has 1 aliphatic heterocycles. The van der Waals surface area contributed by atoms with Crippen molar-refractivity contribution >= 4 is 17.5 Å². The maximum atomic E-state index is 13.0. The zero-order chi connectivity index (χ0) is 15.5. The van der Waals surface area contributed by atoms with Crippen LogP contribution >= 0.6 is 11.6 Å². The highest BCUT2D eigenvalue weighted by Crippen LogP contribution is 2.18. The molecule has 0 radical (unpaired) electrons. The van der Waals surface area contributed by atoms with Crippen molar-refractivity contribution in [3.8, 4) is 0 Å². The summed E-state index contributed by atoms with van der Waals surface area (Å²) >= 11 is 5.90. The molecule has 1 aliphatic rings. The zero-order valence-corrected chi connectivity index (χ0v) is 13.0. The Labute approximate surface area is 129 Å². The van der Waals surface area contributed by atoms with Crippen LogP contribution in [0, 0.1) is 5.82 Å². The standard InChI is InChI=1S/C15H20ClFN2O2/c1-15(2,19-5-7-21-8-6-19)10-18-14(20)12-4-3-11(17)9-13(12)16/h3-4,9H,5-8,10H2,1-2H3,(H,18,20). The molecule has 6 heteroatoms. The van der Waals surface area contributed by atoms with Crippen LogP contribution in [-0.2, 0) is 4.74 Å². The normalized spacial score (nSPS) is 16.8. The molecular weight excluding hydrogens is 295 g/mol. The van der Waals surface area contributed by atoms with E-state index in [0.717, 1.165) is 19.2 Å². The molecule has 1 aromatic rings. The first-order valence-electron chi connectivity index (χ1n) is 6.96. The second-order valence-corrected chi connectivity index (χ2v) is 6.13. The van der Waals surface area contributed by atoms with Gasteiger partial charge in [0.1, 0.15) is 5.82 Å². The third-order valence-electron chi connectivity index (χ3n) is 3.72. The van der Waals surface area contributed by atoms with Crippen LogP contribution in [0.15, 0.2) is 18.2 Å². The van der Waals surface area contributed by atoms with E-state index >= 15 is 0 Å². The second-order valence-electron chi connectivity index (χ2n) is 5.72. The highest BCUT2D eigenvalue weighted by molar-refractivity contribution is 6.33. The Hall–Kier alpha value is -1.17. The van der Waals surface area contributed by atoms with Crippen LogP contribution in [0.5, 0.6) is 0 Å². The van der Waals surface area contributed by atoms with E-state index in [-0.39, 0.29) is 22.0 Å². The fourth-order valence-corrected chi connectivity index (χ4v) is 2.60. The lowest BCUT2D eigenvalue weighted by molar-refractivity contribution is -0.00923. The van der Waals surface area contributed by atoms with Crippen molar-refractivity contribution in [1.82, 2.24) is 10.2 Å². The minimum Gasteiger partial charge on any atom is -0.379 e. The largest absolute Gasteiger partial charge is 0.379 e. The van der Waals surface area contributed by atoms with Gasteiger partial charge in [-0.2, -0.15) is 0 Å². The molecule has 0 aromatic heterocycles. The Morgan fingerprint density at radius 2 is 2.10 bits per heavy atom. The molecule has 0 unspecified atom stereocenters. The summed E-state index contributed by atoms with van der Waals surface area (Å²) in [6.07, 6.45) is 0. The molecule has 0 atom stereocenters. The number of hydrogen-bond donors (Lipinski definition) is 1. The Morgan fingerprint density at radius 3 is 2.71 bits per heavy atom. The first-order valence-corrected chi connectivity index (χ1v) is 7.34. The van der Waals surface area contributed by atoms with E-state index in [0.29, 0.717) is 19.8 Å². The number of benzene rings is 1. The number of nitrogens with one attached hydrogen (secondary N) is 1. The van der Waals surface area contributed by atoms with Crippen LogP contribution < -0.4 is 5.32 Å². The fraction of sp³-hybridized carbons (Fsp3) is 0.533. The van der Waals surface area contributed by atoms with Gasteiger partial charge in [-0.25, -0.2) is 4.39 Å². The van der Waals surface area contributed by atoms with Gasteiger partial charge in [-0.1, -0.05) is 11.6 Å². The molecule has 2 rings (SSSR count). The SMILES string of the molecule is CC(C)(CNC(=O)c1ccc(F)cc1Cl)N1CCOCC1. The first kappa shape index (κ1) is 16.2. The van der Waals surface area contributed by atoms with Crippen molar-refractivity contribution in [3.63, 3.8) is 0 Å². The predicted molar refractivity (Wildman–Crippen MR) is 80.2 cm³/mol. The zero-order valence-electron chi connectivity index (χ0n) is 12.3. The highest BCUT2D eigenvalue weighted by atomic mass is 35.5. The number of carbonyl (C=O) groups excluding carboxylic acids is 1. The Kier molecular flexibility index (Phi) is 5.19. The van der Waals surface area contributed by atoms with Crippen molar-refractivity contribution < 1.29 is 13.9 Å². The van der Waals surface area contributed by atoms with Crippen LogP contribution in [0.3, 0.4) is 0 Å². The molecule has 4 nitrogen and oxygen atoms in total. The summed E-state index contributed by atoms with van der Waals surface area (Å²) in [5.74, 6) is -0.744. The van der Waals surface area contributed by atoms with E-state index in [1.54, 1.807) is 0 Å². The molecule has 0 spiro atoms. The van der Waals surface area contributed by atoms with E-state index in [1.807, 2.05) is 0 Å². The van der Waals surface area contributed by atoms with Crippen LogP contribution in [0.25, 0.3) is 0 Å². The summed E-state index contributed by atoms with van der Waals surface area (Å²) in [6.45, 7) is 7.75. The van der Waals surface area contributed by atoms with E-state index in [9.17, 15) is 9.18 Å². The number of amides is 1. The molecule has 1 N–H and O–H groups in total. The number of rotatable bonds is 4. The summed E-state index contributed by atoms with van der Waals surface area (Å²) in [4.78, 5) is 14.4. The molecule has 0 bridgehead atoms. The molecule has 1 fully saturated rings. The van der Waals surface area contributed by atoms with Gasteiger partial charge < -0.3 is 10.1 Å². The summed E-state index contributed by atoms with van der Waals surface area (Å²) in [5, 5.41) is 2.99. The van der Waals surface area contributed by atoms with E-state index < -0.39 is 5.82 Å². The summed E-state index contributed by atoms with van der Waals surface area (Å²) in [5.41, 5.74) is 0.113. The lowest BCUT2D eigenvalue weighted by atomic mass is 10.0. The number of hydrogen-bond acceptors (Lipinski definition) is 3. The van der Waals surface area contributed by atoms with Crippen LogP contribution in [-0.4, -0.2) is 49.2 Å². The molecule has 0 saturated carbocycles. The quantitative estimate of drug-likeness (QED) is 0.927. The van der Waals surface area contributed by atoms with Gasteiger partial charge >= 0.3 is 0 Å². The molecule has 1 amide bonds. The average Bonchev–Trinajstić information content (AvgIpc) is 2.46. The monoisotopic (exact) mass is 314 g/mol. The number of nitrogens with zero attached hydrogens (tertiary/aromatic N) is 1. The van der Waals surface area contributed by atoms with E-state index in [4.69, 9.17) is 16.3 Å². The second kappa shape index (κ2) is 6.73. The van der Waals surface area contributed by atoms with Gasteiger partial charge in [0.05, 0.1) is 23.8 Å². The van der Waals surface area contributed by atoms with Gasteiger partial charge in [-0.05, 0) is 32.0 Å². The van der Waals surface area contributed by atoms with Gasteiger partial charge in [0.25, 0.3) is 5.91 Å². The fourth-order valence-electron chi connectivity index (χ4n) is 2.35. The molecule has 1 aromatic carbocycles. The van der Waals surface area contributed by atoms with Crippen LogP contribution in [0.1, 0.15) is 24.2 Å². The van der Waals surface area contributed by atoms with Gasteiger partial charge in [0, 0.05) is 25.2 Å². The van der Waals surface area contributed by atoms with Crippen molar-refractivity contribution in [1.29, 1.82) is 0 Å². The lowest BCUT2D eigenvalue weighted by Gasteiger charge is -2.40. The third kappa shape index (κ3) is 4.15. The topological polar surface area (TPSA) is 41.6 Å². The van der Waals surface area contributed by atoms with Crippen molar-refractivity contribution in [3.05, 3.63) is 34.6 Å². The molecule has 1 saturated heterocycles. The summed E-state index contributed by atoms with van der Waals surface area (Å²) in [6, 6.07) is 3.77. The summed E-state index contributed by atoms with van der Waals surface area (Å²) < 4.78 is 18.3. The lowest BCUT2D eigenvalue weighted by Crippen LogP contribution is -2.55. The third-order valence-corrected chi connectivity index (χ3v) is 4.04. The number of carbonyl (C=O) groups is 1. The van der Waals surface area contributed by atoms with Crippen LogP contribution in [0.2, 0.25) is 5.02 Å². The van der Waals surface area contributed by atoms with E-state index in [2.05, 4.69) is 24.1 Å². The number of ether oxygens (including phenoxy) is 1. The van der Waals surface area contributed by atoms with Crippen molar-refractivity contribution in [2.45, 2.75) is 19.4 Å². The Morgan fingerprint density at radius 1 is 1.43 bits per heavy atom. The molecular formula is C15H20ClFN2O2. The summed E-state index contributed by atoms with van der Waals surface area (Å²) in [7, 11) is 0. The minimum absolute atomic E-state index is 0.122. The van der Waals surface area contributed by atoms with Gasteiger partial charge in [-0.15, -0.1) is 0 Å². The van der Waals surface area contributed by atoms with Gasteiger partial charge in [0.2, 0.25) is 0 Å². The van der Waals surface area contributed by atoms with Crippen molar-refractivity contribution in [2.24, 2.45) is 0 Å².